The smallest absolute Gasteiger partial charge is 0.256 e. The van der Waals surface area contributed by atoms with Crippen molar-refractivity contribution in [3.8, 4) is 11.1 Å². The number of benzene rings is 2. The lowest BCUT2D eigenvalue weighted by atomic mass is 9.80. The van der Waals surface area contributed by atoms with Crippen molar-refractivity contribution in [1.82, 2.24) is 5.32 Å². The number of carbonyl (C=O) groups excluding carboxylic acids is 1. The van der Waals surface area contributed by atoms with Gasteiger partial charge in [0.25, 0.3) is 5.91 Å². The van der Waals surface area contributed by atoms with E-state index in [2.05, 4.69) is 55.6 Å². The molecule has 4 rings (SSSR count). The third-order valence-electron chi connectivity index (χ3n) is 6.18. The number of aryl methyl sites for hydroxylation is 3. The molecule has 1 amide bonds. The Morgan fingerprint density at radius 2 is 1.48 bits per heavy atom. The van der Waals surface area contributed by atoms with Crippen molar-refractivity contribution in [3.05, 3.63) is 64.4 Å². The Labute approximate surface area is 161 Å². The lowest BCUT2D eigenvalue weighted by Crippen LogP contribution is -2.46. The number of amides is 1. The number of aliphatic hydroxyl groups is 1. The maximum atomic E-state index is 12.8. The largest absolute Gasteiger partial charge is 0.509 e. The van der Waals surface area contributed by atoms with Crippen molar-refractivity contribution in [2.75, 3.05) is 0 Å². The van der Waals surface area contributed by atoms with Gasteiger partial charge in [0.05, 0.1) is 11.1 Å². The highest BCUT2D eigenvalue weighted by Crippen LogP contribution is 2.42. The molecule has 0 bridgehead atoms. The second kappa shape index (κ2) is 6.56. The monoisotopic (exact) mass is 361 g/mol. The van der Waals surface area contributed by atoms with Gasteiger partial charge < -0.3 is 10.4 Å². The van der Waals surface area contributed by atoms with Crippen LogP contribution in [-0.4, -0.2) is 16.6 Å². The fourth-order valence-electron chi connectivity index (χ4n) is 4.58. The summed E-state index contributed by atoms with van der Waals surface area (Å²) in [4.78, 5) is 12.8. The Kier molecular flexibility index (Phi) is 4.33. The minimum absolute atomic E-state index is 0.139. The zero-order chi connectivity index (χ0) is 19.2. The van der Waals surface area contributed by atoms with Crippen LogP contribution in [0.4, 0.5) is 0 Å². The van der Waals surface area contributed by atoms with E-state index >= 15 is 0 Å². The zero-order valence-electron chi connectivity index (χ0n) is 16.4. The quantitative estimate of drug-likeness (QED) is 0.754. The molecule has 1 aliphatic heterocycles. The molecular weight excluding hydrogens is 334 g/mol. The molecule has 3 heteroatoms. The van der Waals surface area contributed by atoms with E-state index in [4.69, 9.17) is 0 Å². The van der Waals surface area contributed by atoms with Crippen LogP contribution in [0.5, 0.6) is 0 Å². The summed E-state index contributed by atoms with van der Waals surface area (Å²) in [6.45, 7) is 6.17. The predicted molar refractivity (Wildman–Crippen MR) is 110 cm³/mol. The van der Waals surface area contributed by atoms with E-state index in [-0.39, 0.29) is 11.7 Å². The average Bonchev–Trinajstić information content (AvgIpc) is 2.88. The van der Waals surface area contributed by atoms with Gasteiger partial charge in [-0.2, -0.15) is 0 Å². The third-order valence-corrected chi connectivity index (χ3v) is 6.18. The predicted octanol–water partition coefficient (Wildman–Crippen LogP) is 5.38. The number of rotatable bonds is 2. The van der Waals surface area contributed by atoms with Gasteiger partial charge in [-0.3, -0.25) is 4.79 Å². The van der Waals surface area contributed by atoms with Gasteiger partial charge in [-0.1, -0.05) is 61.2 Å². The summed E-state index contributed by atoms with van der Waals surface area (Å²) in [6, 6.07) is 12.7. The van der Waals surface area contributed by atoms with Gasteiger partial charge in [0.15, 0.2) is 0 Å². The van der Waals surface area contributed by atoms with Crippen molar-refractivity contribution in [3.63, 3.8) is 0 Å². The van der Waals surface area contributed by atoms with Gasteiger partial charge >= 0.3 is 0 Å². The Bertz CT molecular complexity index is 932. The molecule has 2 aromatic rings. The first-order valence-corrected chi connectivity index (χ1v) is 9.86. The maximum absolute atomic E-state index is 12.8. The fraction of sp³-hybridized carbons (Fsp3) is 0.375. The molecule has 1 aliphatic carbocycles. The van der Waals surface area contributed by atoms with Crippen LogP contribution in [0, 0.1) is 20.8 Å². The zero-order valence-corrected chi connectivity index (χ0v) is 16.4. The van der Waals surface area contributed by atoms with E-state index in [1.165, 1.54) is 23.1 Å². The maximum Gasteiger partial charge on any atom is 0.256 e. The SMILES string of the molecule is Cc1ccc(-c2cc(C)c(C3=C(O)C4(CCCCC4)NC3=O)cc2C)cc1. The highest BCUT2D eigenvalue weighted by molar-refractivity contribution is 6.23. The van der Waals surface area contributed by atoms with Crippen LogP contribution in [0.1, 0.15) is 54.4 Å². The number of nitrogens with one attached hydrogen (secondary N) is 1. The molecule has 1 heterocycles. The second-order valence-electron chi connectivity index (χ2n) is 8.17. The Morgan fingerprint density at radius 1 is 0.889 bits per heavy atom. The molecule has 0 atom stereocenters. The molecule has 1 fully saturated rings. The molecule has 3 nitrogen and oxygen atoms in total. The highest BCUT2D eigenvalue weighted by atomic mass is 16.3. The van der Waals surface area contributed by atoms with E-state index in [1.807, 2.05) is 6.92 Å². The molecule has 0 radical (unpaired) electrons. The van der Waals surface area contributed by atoms with Crippen LogP contribution in [-0.2, 0) is 4.79 Å². The second-order valence-corrected chi connectivity index (χ2v) is 8.17. The number of hydrogen-bond donors (Lipinski definition) is 2. The van der Waals surface area contributed by atoms with E-state index in [9.17, 15) is 9.90 Å². The highest BCUT2D eigenvalue weighted by Gasteiger charge is 2.46. The molecular formula is C24H27NO2. The molecule has 27 heavy (non-hydrogen) atoms. The van der Waals surface area contributed by atoms with Gasteiger partial charge in [-0.15, -0.1) is 0 Å². The summed E-state index contributed by atoms with van der Waals surface area (Å²) in [5, 5.41) is 14.1. The topological polar surface area (TPSA) is 49.3 Å². The lowest BCUT2D eigenvalue weighted by molar-refractivity contribution is -0.116. The molecule has 1 spiro atoms. The molecule has 140 valence electrons. The molecule has 2 aromatic carbocycles. The van der Waals surface area contributed by atoms with Crippen LogP contribution in [0.2, 0.25) is 0 Å². The van der Waals surface area contributed by atoms with Crippen LogP contribution in [0.25, 0.3) is 16.7 Å². The number of carbonyl (C=O) groups is 1. The molecule has 2 aliphatic rings. The standard InChI is InChI=1S/C24H27NO2/c1-15-7-9-18(10-8-15)19-13-17(3)20(14-16(19)2)21-22(26)24(25-23(21)27)11-5-4-6-12-24/h7-10,13-14,26H,4-6,11-12H2,1-3H3,(H,25,27). The summed E-state index contributed by atoms with van der Waals surface area (Å²) < 4.78 is 0. The summed E-state index contributed by atoms with van der Waals surface area (Å²) in [5.74, 6) is 0.109. The van der Waals surface area contributed by atoms with E-state index in [1.54, 1.807) is 0 Å². The van der Waals surface area contributed by atoms with Crippen LogP contribution < -0.4 is 5.32 Å². The van der Waals surface area contributed by atoms with Crippen molar-refractivity contribution in [2.24, 2.45) is 0 Å². The minimum atomic E-state index is -0.541. The van der Waals surface area contributed by atoms with Crippen molar-refractivity contribution in [1.29, 1.82) is 0 Å². The summed E-state index contributed by atoms with van der Waals surface area (Å²) >= 11 is 0. The first kappa shape index (κ1) is 17.8. The Morgan fingerprint density at radius 3 is 2.15 bits per heavy atom. The molecule has 0 aromatic heterocycles. The average molecular weight is 361 g/mol. The van der Waals surface area contributed by atoms with Crippen molar-refractivity contribution < 1.29 is 9.90 Å². The Balaban J connectivity index is 1.79. The van der Waals surface area contributed by atoms with Gasteiger partial charge in [0, 0.05) is 0 Å². The van der Waals surface area contributed by atoms with Gasteiger partial charge in [-0.25, -0.2) is 0 Å². The Hall–Kier alpha value is -2.55. The van der Waals surface area contributed by atoms with Gasteiger partial charge in [0.1, 0.15) is 5.76 Å². The minimum Gasteiger partial charge on any atom is -0.509 e. The fourth-order valence-corrected chi connectivity index (χ4v) is 4.58. The van der Waals surface area contributed by atoms with E-state index in [0.717, 1.165) is 42.4 Å². The first-order chi connectivity index (χ1) is 12.9. The molecule has 2 N–H and O–H groups in total. The molecule has 0 unspecified atom stereocenters. The third kappa shape index (κ3) is 2.95. The van der Waals surface area contributed by atoms with E-state index in [0.29, 0.717) is 5.57 Å². The van der Waals surface area contributed by atoms with Crippen LogP contribution >= 0.6 is 0 Å². The summed E-state index contributed by atoms with van der Waals surface area (Å²) in [6.07, 6.45) is 4.91. The van der Waals surface area contributed by atoms with Crippen LogP contribution in [0.15, 0.2) is 42.2 Å². The van der Waals surface area contributed by atoms with Crippen molar-refractivity contribution in [2.45, 2.75) is 58.4 Å². The lowest BCUT2D eigenvalue weighted by Gasteiger charge is -2.33. The van der Waals surface area contributed by atoms with Crippen LogP contribution in [0.3, 0.4) is 0 Å². The summed E-state index contributed by atoms with van der Waals surface area (Å²) in [5.41, 5.74) is 6.47. The molecule has 1 saturated carbocycles. The first-order valence-electron chi connectivity index (χ1n) is 9.86. The van der Waals surface area contributed by atoms with Crippen molar-refractivity contribution >= 4 is 11.5 Å². The van der Waals surface area contributed by atoms with E-state index < -0.39 is 5.54 Å². The van der Waals surface area contributed by atoms with Gasteiger partial charge in [0.2, 0.25) is 0 Å². The number of aliphatic hydroxyl groups excluding tert-OH is 1. The molecule has 0 saturated heterocycles. The number of hydrogen-bond acceptors (Lipinski definition) is 2. The normalized spacial score (nSPS) is 18.9. The summed E-state index contributed by atoms with van der Waals surface area (Å²) in [7, 11) is 0. The van der Waals surface area contributed by atoms with Gasteiger partial charge in [-0.05, 0) is 61.4 Å².